The third-order valence-electron chi connectivity index (χ3n) is 2.96. The van der Waals surface area contributed by atoms with Gasteiger partial charge >= 0.3 is 0 Å². The van der Waals surface area contributed by atoms with E-state index in [4.69, 9.17) is 32.4 Å². The van der Waals surface area contributed by atoms with E-state index in [-0.39, 0.29) is 0 Å². The smallest absolute Gasteiger partial charge is 0.138 e. The third kappa shape index (κ3) is 2.73. The van der Waals surface area contributed by atoms with E-state index >= 15 is 0 Å². The van der Waals surface area contributed by atoms with Crippen LogP contribution in [-0.2, 0) is 6.42 Å². The van der Waals surface area contributed by atoms with E-state index in [2.05, 4.69) is 0 Å². The van der Waals surface area contributed by atoms with Gasteiger partial charge in [0.2, 0.25) is 0 Å². The Labute approximate surface area is 121 Å². The summed E-state index contributed by atoms with van der Waals surface area (Å²) in [5.41, 5.74) is 1.23. The van der Waals surface area contributed by atoms with Gasteiger partial charge in [0.05, 0.1) is 23.4 Å². The fourth-order valence-corrected chi connectivity index (χ4v) is 2.47. The maximum absolute atomic E-state index is 10.4. The van der Waals surface area contributed by atoms with Crippen LogP contribution in [0.1, 0.15) is 29.9 Å². The number of methoxy groups -OCH3 is 1. The average molecular weight is 301 g/mol. The van der Waals surface area contributed by atoms with Crippen LogP contribution >= 0.6 is 23.2 Å². The molecule has 0 spiro atoms. The third-order valence-corrected chi connectivity index (χ3v) is 3.58. The van der Waals surface area contributed by atoms with E-state index in [0.29, 0.717) is 33.3 Å². The number of aliphatic hydroxyl groups excluding tert-OH is 1. The van der Waals surface area contributed by atoms with Crippen molar-refractivity contribution in [2.24, 2.45) is 0 Å². The molecule has 0 radical (unpaired) electrons. The number of benzene rings is 1. The second kappa shape index (κ2) is 5.87. The van der Waals surface area contributed by atoms with Crippen molar-refractivity contribution in [3.8, 4) is 5.75 Å². The van der Waals surface area contributed by atoms with Crippen molar-refractivity contribution < 1.29 is 14.3 Å². The van der Waals surface area contributed by atoms with Gasteiger partial charge in [-0.2, -0.15) is 0 Å². The molecular weight excluding hydrogens is 287 g/mol. The Morgan fingerprint density at radius 1 is 1.26 bits per heavy atom. The molecule has 0 saturated heterocycles. The average Bonchev–Trinajstić information content (AvgIpc) is 2.88. The number of rotatable bonds is 4. The first-order valence-corrected chi connectivity index (χ1v) is 6.61. The molecule has 0 bridgehead atoms. The van der Waals surface area contributed by atoms with E-state index in [1.807, 2.05) is 6.92 Å². The van der Waals surface area contributed by atoms with Crippen LogP contribution in [0.5, 0.6) is 5.75 Å². The molecule has 1 heterocycles. The summed E-state index contributed by atoms with van der Waals surface area (Å²) in [7, 11) is 1.51. The summed E-state index contributed by atoms with van der Waals surface area (Å²) in [5.74, 6) is 1.21. The number of hydrogen-bond acceptors (Lipinski definition) is 3. The second-order valence-corrected chi connectivity index (χ2v) is 4.88. The molecule has 2 rings (SSSR count). The Bertz CT molecular complexity index is 578. The summed E-state index contributed by atoms with van der Waals surface area (Å²) in [6, 6.07) is 4.94. The monoisotopic (exact) mass is 300 g/mol. The SMILES string of the molecule is CCc1occc1C(O)c1cc(Cl)c(OC)cc1Cl. The Morgan fingerprint density at radius 2 is 2.00 bits per heavy atom. The Kier molecular flexibility index (Phi) is 4.40. The first kappa shape index (κ1) is 14.3. The quantitative estimate of drug-likeness (QED) is 0.918. The van der Waals surface area contributed by atoms with E-state index in [9.17, 15) is 5.11 Å². The molecule has 0 aliphatic rings. The van der Waals surface area contributed by atoms with Gasteiger partial charge < -0.3 is 14.3 Å². The van der Waals surface area contributed by atoms with Gasteiger partial charge in [-0.25, -0.2) is 0 Å². The van der Waals surface area contributed by atoms with Crippen LogP contribution in [0.3, 0.4) is 0 Å². The maximum Gasteiger partial charge on any atom is 0.138 e. The number of aliphatic hydroxyl groups is 1. The normalized spacial score (nSPS) is 12.5. The summed E-state index contributed by atoms with van der Waals surface area (Å²) >= 11 is 12.2. The summed E-state index contributed by atoms with van der Waals surface area (Å²) in [6.45, 7) is 1.96. The molecule has 1 atom stereocenters. The van der Waals surface area contributed by atoms with Gasteiger partial charge in [0.1, 0.15) is 17.6 Å². The standard InChI is InChI=1S/C14H14Cl2O3/c1-3-12-8(4-5-19-12)14(17)9-6-11(16)13(18-2)7-10(9)15/h4-7,14,17H,3H2,1-2H3. The number of aryl methyl sites for hydroxylation is 1. The first-order valence-electron chi connectivity index (χ1n) is 5.85. The highest BCUT2D eigenvalue weighted by Gasteiger charge is 2.20. The molecule has 0 amide bonds. The van der Waals surface area contributed by atoms with Gasteiger partial charge in [0.15, 0.2) is 0 Å². The summed E-state index contributed by atoms with van der Waals surface area (Å²) in [6.07, 6.45) is 1.38. The van der Waals surface area contributed by atoms with Crippen LogP contribution < -0.4 is 4.74 Å². The fourth-order valence-electron chi connectivity index (χ4n) is 1.96. The molecule has 0 aliphatic heterocycles. The van der Waals surface area contributed by atoms with Crippen molar-refractivity contribution in [1.82, 2.24) is 0 Å². The molecular formula is C14H14Cl2O3. The van der Waals surface area contributed by atoms with E-state index in [0.717, 1.165) is 5.76 Å². The lowest BCUT2D eigenvalue weighted by molar-refractivity contribution is 0.217. The summed E-state index contributed by atoms with van der Waals surface area (Å²) in [5, 5.41) is 11.2. The second-order valence-electron chi connectivity index (χ2n) is 4.06. The molecule has 1 unspecified atom stereocenters. The number of halogens is 2. The minimum absolute atomic E-state index is 0.400. The van der Waals surface area contributed by atoms with Crippen LogP contribution in [0.15, 0.2) is 28.9 Å². The van der Waals surface area contributed by atoms with Crippen molar-refractivity contribution >= 4 is 23.2 Å². The molecule has 19 heavy (non-hydrogen) atoms. The number of hydrogen-bond donors (Lipinski definition) is 1. The van der Waals surface area contributed by atoms with Crippen molar-refractivity contribution in [2.45, 2.75) is 19.4 Å². The fraction of sp³-hybridized carbons (Fsp3) is 0.286. The molecule has 0 fully saturated rings. The zero-order chi connectivity index (χ0) is 14.0. The van der Waals surface area contributed by atoms with Crippen molar-refractivity contribution in [1.29, 1.82) is 0 Å². The van der Waals surface area contributed by atoms with Gasteiger partial charge in [0, 0.05) is 23.6 Å². The van der Waals surface area contributed by atoms with Gasteiger partial charge in [-0.1, -0.05) is 30.1 Å². The predicted octanol–water partition coefficient (Wildman–Crippen LogP) is 4.24. The molecule has 1 aromatic carbocycles. The van der Waals surface area contributed by atoms with Crippen LogP contribution in [0.25, 0.3) is 0 Å². The Hall–Kier alpha value is -1.16. The highest BCUT2D eigenvalue weighted by atomic mass is 35.5. The van der Waals surface area contributed by atoms with Gasteiger partial charge in [0.25, 0.3) is 0 Å². The van der Waals surface area contributed by atoms with Crippen molar-refractivity contribution in [2.75, 3.05) is 7.11 Å². The first-order chi connectivity index (χ1) is 9.08. The van der Waals surface area contributed by atoms with Crippen LogP contribution in [0.4, 0.5) is 0 Å². The Morgan fingerprint density at radius 3 is 2.63 bits per heavy atom. The largest absolute Gasteiger partial charge is 0.495 e. The molecule has 5 heteroatoms. The lowest BCUT2D eigenvalue weighted by Crippen LogP contribution is -2.02. The summed E-state index contributed by atoms with van der Waals surface area (Å²) in [4.78, 5) is 0. The molecule has 0 saturated carbocycles. The molecule has 3 nitrogen and oxygen atoms in total. The van der Waals surface area contributed by atoms with Crippen LogP contribution in [0, 0.1) is 0 Å². The zero-order valence-corrected chi connectivity index (χ0v) is 12.1. The van der Waals surface area contributed by atoms with Crippen LogP contribution in [-0.4, -0.2) is 12.2 Å². The van der Waals surface area contributed by atoms with Crippen molar-refractivity contribution in [3.05, 3.63) is 51.4 Å². The Balaban J connectivity index is 2.44. The highest BCUT2D eigenvalue weighted by Crippen LogP contribution is 2.37. The molecule has 1 aromatic heterocycles. The number of furan rings is 1. The van der Waals surface area contributed by atoms with Crippen LogP contribution in [0.2, 0.25) is 10.0 Å². The topological polar surface area (TPSA) is 42.6 Å². The van der Waals surface area contributed by atoms with E-state index in [1.54, 1.807) is 24.5 Å². The van der Waals surface area contributed by atoms with E-state index < -0.39 is 6.10 Å². The van der Waals surface area contributed by atoms with Gasteiger partial charge in [-0.05, 0) is 12.1 Å². The molecule has 2 aromatic rings. The van der Waals surface area contributed by atoms with Crippen molar-refractivity contribution in [3.63, 3.8) is 0 Å². The minimum Gasteiger partial charge on any atom is -0.495 e. The molecule has 0 aliphatic carbocycles. The molecule has 102 valence electrons. The van der Waals surface area contributed by atoms with E-state index in [1.165, 1.54) is 7.11 Å². The lowest BCUT2D eigenvalue weighted by atomic mass is 10.0. The summed E-state index contributed by atoms with van der Waals surface area (Å²) < 4.78 is 10.4. The minimum atomic E-state index is -0.871. The lowest BCUT2D eigenvalue weighted by Gasteiger charge is -2.14. The zero-order valence-electron chi connectivity index (χ0n) is 10.6. The maximum atomic E-state index is 10.4. The molecule has 1 N–H and O–H groups in total. The number of ether oxygens (including phenoxy) is 1. The van der Waals surface area contributed by atoms with Gasteiger partial charge in [-0.3, -0.25) is 0 Å². The van der Waals surface area contributed by atoms with Gasteiger partial charge in [-0.15, -0.1) is 0 Å². The highest BCUT2D eigenvalue weighted by molar-refractivity contribution is 6.34. The predicted molar refractivity (Wildman–Crippen MR) is 75.2 cm³/mol.